The number of nitro benzene ring substituents is 2. The third-order valence-corrected chi connectivity index (χ3v) is 6.33. The maximum Gasteiger partial charge on any atom is 0.415 e. The highest BCUT2D eigenvalue weighted by Crippen LogP contribution is 2.25. The summed E-state index contributed by atoms with van der Waals surface area (Å²) in [5, 5.41) is 21.5. The van der Waals surface area contributed by atoms with E-state index in [0.29, 0.717) is 0 Å². The van der Waals surface area contributed by atoms with E-state index >= 15 is 0 Å². The molecule has 0 unspecified atom stereocenters. The lowest BCUT2D eigenvalue weighted by molar-refractivity contribution is -0.385. The highest BCUT2D eigenvalue weighted by Gasteiger charge is 2.41. The largest absolute Gasteiger partial charge is 0.415 e. The molecule has 30 heavy (non-hydrogen) atoms. The lowest BCUT2D eigenvalue weighted by Gasteiger charge is -2.22. The van der Waals surface area contributed by atoms with Gasteiger partial charge in [0.1, 0.15) is 0 Å². The molecule has 0 saturated heterocycles. The second-order valence-electron chi connectivity index (χ2n) is 5.58. The Bertz CT molecular complexity index is 1320. The first-order valence-electron chi connectivity index (χ1n) is 7.58. The van der Waals surface area contributed by atoms with E-state index in [9.17, 15) is 40.9 Å². The Kier molecular flexibility index (Phi) is 5.04. The number of rotatable bonds is 5. The molecule has 1 heterocycles. The minimum absolute atomic E-state index is 0.0421. The molecule has 0 aliphatic carbocycles. The SMILES string of the molecule is O=[N+]([O-])c1ccc(C2=NS(=O)(=O)N(S(=O)(=O)F)C(c3ccc([N+](=O)[O-])cc3)=N2)cc1. The van der Waals surface area contributed by atoms with Gasteiger partial charge in [-0.25, -0.2) is 4.99 Å². The molecule has 0 bridgehead atoms. The topological polar surface area (TPSA) is 183 Å². The molecule has 0 saturated carbocycles. The van der Waals surface area contributed by atoms with Crippen LogP contribution in [0, 0.1) is 20.2 Å². The van der Waals surface area contributed by atoms with Gasteiger partial charge in [0.15, 0.2) is 11.7 Å². The van der Waals surface area contributed by atoms with E-state index in [4.69, 9.17) is 0 Å². The number of hydrogen-bond acceptors (Lipinski definition) is 9. The fourth-order valence-corrected chi connectivity index (χ4v) is 4.54. The number of aliphatic imine (C=N–C) groups is 1. The average Bonchev–Trinajstić information content (AvgIpc) is 2.65. The van der Waals surface area contributed by atoms with Crippen LogP contribution < -0.4 is 0 Å². The van der Waals surface area contributed by atoms with E-state index < -0.39 is 51.5 Å². The molecule has 0 amide bonds. The Hall–Kier alpha value is -3.79. The van der Waals surface area contributed by atoms with Gasteiger partial charge in [-0.15, -0.1) is 4.40 Å². The molecule has 0 spiro atoms. The van der Waals surface area contributed by atoms with Gasteiger partial charge in [-0.1, -0.05) is 7.60 Å². The lowest BCUT2D eigenvalue weighted by atomic mass is 10.1. The van der Waals surface area contributed by atoms with Crippen LogP contribution in [0.4, 0.5) is 15.3 Å². The van der Waals surface area contributed by atoms with Crippen LogP contribution in [0.15, 0.2) is 57.9 Å². The fourth-order valence-electron chi connectivity index (χ4n) is 2.38. The number of halogens is 1. The van der Waals surface area contributed by atoms with Crippen molar-refractivity contribution in [2.24, 2.45) is 9.39 Å². The molecule has 0 N–H and O–H groups in total. The Labute approximate surface area is 167 Å². The molecular formula is C14H8FN5O8S2. The molecule has 1 aliphatic rings. The third-order valence-electron chi connectivity index (χ3n) is 3.67. The summed E-state index contributed by atoms with van der Waals surface area (Å²) < 4.78 is 63.9. The minimum Gasteiger partial charge on any atom is -0.258 e. The zero-order chi connectivity index (χ0) is 22.3. The van der Waals surface area contributed by atoms with Crippen molar-refractivity contribution in [3.05, 3.63) is 79.9 Å². The molecule has 156 valence electrons. The van der Waals surface area contributed by atoms with Gasteiger partial charge in [0, 0.05) is 35.4 Å². The van der Waals surface area contributed by atoms with Gasteiger partial charge in [-0.2, -0.15) is 16.8 Å². The average molecular weight is 457 g/mol. The van der Waals surface area contributed by atoms with Crippen LogP contribution in [-0.2, 0) is 20.6 Å². The van der Waals surface area contributed by atoms with E-state index in [0.717, 1.165) is 48.5 Å². The number of nitrogens with zero attached hydrogens (tertiary/aromatic N) is 5. The summed E-state index contributed by atoms with van der Waals surface area (Å²) >= 11 is 0. The zero-order valence-corrected chi connectivity index (χ0v) is 15.9. The first kappa shape index (κ1) is 20.9. The molecule has 2 aromatic carbocycles. The van der Waals surface area contributed by atoms with Gasteiger partial charge in [0.25, 0.3) is 11.4 Å². The molecule has 13 nitrogen and oxygen atoms in total. The van der Waals surface area contributed by atoms with Crippen LogP contribution in [-0.4, -0.2) is 42.1 Å². The fraction of sp³-hybridized carbons (Fsp3) is 0. The first-order chi connectivity index (χ1) is 13.9. The summed E-state index contributed by atoms with van der Waals surface area (Å²) in [5.41, 5.74) is -1.03. The van der Waals surface area contributed by atoms with E-state index in [1.54, 1.807) is 0 Å². The van der Waals surface area contributed by atoms with Crippen LogP contribution in [0.5, 0.6) is 0 Å². The van der Waals surface area contributed by atoms with E-state index in [1.165, 1.54) is 0 Å². The molecular weight excluding hydrogens is 449 g/mol. The van der Waals surface area contributed by atoms with Gasteiger partial charge in [0.2, 0.25) is 0 Å². The molecule has 3 rings (SSSR count). The molecule has 0 aromatic heterocycles. The smallest absolute Gasteiger partial charge is 0.258 e. The van der Waals surface area contributed by atoms with Crippen LogP contribution in [0.3, 0.4) is 0 Å². The van der Waals surface area contributed by atoms with E-state index in [2.05, 4.69) is 9.39 Å². The van der Waals surface area contributed by atoms with Crippen molar-refractivity contribution in [1.82, 2.24) is 3.71 Å². The van der Waals surface area contributed by atoms with Crippen molar-refractivity contribution in [2.45, 2.75) is 0 Å². The summed E-state index contributed by atoms with van der Waals surface area (Å²) in [6.07, 6.45) is 0. The van der Waals surface area contributed by atoms with Crippen LogP contribution >= 0.6 is 0 Å². The summed E-state index contributed by atoms with van der Waals surface area (Å²) in [7, 11) is -11.1. The second-order valence-corrected chi connectivity index (χ2v) is 8.44. The Morgan fingerprint density at radius 3 is 1.70 bits per heavy atom. The Morgan fingerprint density at radius 2 is 1.30 bits per heavy atom. The van der Waals surface area contributed by atoms with Crippen LogP contribution in [0.2, 0.25) is 0 Å². The molecule has 0 fully saturated rings. The first-order valence-corrected chi connectivity index (χ1v) is 10.3. The van der Waals surface area contributed by atoms with Crippen molar-refractivity contribution in [2.75, 3.05) is 0 Å². The predicted octanol–water partition coefficient (Wildman–Crippen LogP) is 1.47. The number of non-ortho nitro benzene ring substituents is 2. The second kappa shape index (κ2) is 7.23. The predicted molar refractivity (Wildman–Crippen MR) is 100 cm³/mol. The number of benzene rings is 2. The summed E-state index contributed by atoms with van der Waals surface area (Å²) in [6, 6.07) is 8.11. The molecule has 0 radical (unpaired) electrons. The maximum atomic E-state index is 13.8. The van der Waals surface area contributed by atoms with Gasteiger partial charge >= 0.3 is 20.6 Å². The minimum atomic E-state index is -5.90. The van der Waals surface area contributed by atoms with Gasteiger partial charge < -0.3 is 0 Å². The van der Waals surface area contributed by atoms with Crippen molar-refractivity contribution >= 4 is 43.7 Å². The standard InChI is InChI=1S/C14H8FN5O8S2/c15-29(25,26)20-14(10-3-7-12(8-4-10)19(23)24)16-13(17-30(20,27)28)9-1-5-11(6-2-9)18(21)22/h1-8H. The molecule has 1 aliphatic heterocycles. The highest BCUT2D eigenvalue weighted by atomic mass is 32.3. The molecule has 16 heteroatoms. The Morgan fingerprint density at radius 1 is 0.867 bits per heavy atom. The van der Waals surface area contributed by atoms with Crippen molar-refractivity contribution in [1.29, 1.82) is 0 Å². The summed E-state index contributed by atoms with van der Waals surface area (Å²) in [4.78, 5) is 23.8. The van der Waals surface area contributed by atoms with Crippen molar-refractivity contribution < 1.29 is 30.6 Å². The number of amidine groups is 2. The van der Waals surface area contributed by atoms with Crippen LogP contribution in [0.25, 0.3) is 0 Å². The normalized spacial score (nSPS) is 15.8. The van der Waals surface area contributed by atoms with E-state index in [1.807, 2.05) is 0 Å². The zero-order valence-electron chi connectivity index (χ0n) is 14.3. The Balaban J connectivity index is 2.19. The molecule has 2 aromatic rings. The quantitative estimate of drug-likeness (QED) is 0.367. The number of nitro groups is 2. The van der Waals surface area contributed by atoms with Crippen molar-refractivity contribution in [3.63, 3.8) is 0 Å². The van der Waals surface area contributed by atoms with Crippen molar-refractivity contribution in [3.8, 4) is 0 Å². The van der Waals surface area contributed by atoms with E-state index in [-0.39, 0.29) is 16.8 Å². The summed E-state index contributed by atoms with van der Waals surface area (Å²) in [5.74, 6) is -1.49. The number of hydrogen-bond donors (Lipinski definition) is 0. The van der Waals surface area contributed by atoms with Gasteiger partial charge in [-0.05, 0) is 24.3 Å². The lowest BCUT2D eigenvalue weighted by Crippen LogP contribution is -2.42. The van der Waals surface area contributed by atoms with Crippen LogP contribution in [0.1, 0.15) is 11.1 Å². The summed E-state index contributed by atoms with van der Waals surface area (Å²) in [6.45, 7) is 0. The highest BCUT2D eigenvalue weighted by molar-refractivity contribution is 8.02. The maximum absolute atomic E-state index is 13.8. The third kappa shape index (κ3) is 3.98. The van der Waals surface area contributed by atoms with Gasteiger partial charge in [0.05, 0.1) is 9.85 Å². The monoisotopic (exact) mass is 457 g/mol. The molecule has 0 atom stereocenters. The van der Waals surface area contributed by atoms with Gasteiger partial charge in [-0.3, -0.25) is 20.2 Å².